The highest BCUT2D eigenvalue weighted by atomic mass is 16.5. The summed E-state index contributed by atoms with van der Waals surface area (Å²) < 4.78 is 5.60. The second-order valence-corrected chi connectivity index (χ2v) is 6.09. The lowest BCUT2D eigenvalue weighted by atomic mass is 9.86. The van der Waals surface area contributed by atoms with Gasteiger partial charge in [0.25, 0.3) is 0 Å². The molecule has 1 aromatic rings. The number of amidine groups is 1. The van der Waals surface area contributed by atoms with E-state index >= 15 is 0 Å². The van der Waals surface area contributed by atoms with Gasteiger partial charge in [0, 0.05) is 17.6 Å². The van der Waals surface area contributed by atoms with Crippen LogP contribution in [0.5, 0.6) is 5.75 Å². The summed E-state index contributed by atoms with van der Waals surface area (Å²) in [7, 11) is 0. The Bertz CT molecular complexity index is 453. The van der Waals surface area contributed by atoms with Gasteiger partial charge in [-0.1, -0.05) is 19.0 Å². The van der Waals surface area contributed by atoms with E-state index in [1.165, 1.54) is 0 Å². The van der Waals surface area contributed by atoms with E-state index in [1.807, 2.05) is 52.0 Å². The average molecular weight is 293 g/mol. The molecule has 0 aliphatic carbocycles. The molecule has 0 aromatic heterocycles. The Morgan fingerprint density at radius 3 is 2.48 bits per heavy atom. The molecule has 0 atom stereocenters. The first kappa shape index (κ1) is 17.1. The Kier molecular flexibility index (Phi) is 6.34. The van der Waals surface area contributed by atoms with Gasteiger partial charge >= 0.3 is 0 Å². The molecule has 4 N–H and O–H groups in total. The van der Waals surface area contributed by atoms with Gasteiger partial charge < -0.3 is 21.0 Å². The number of nitrogens with one attached hydrogen (secondary N) is 1. The van der Waals surface area contributed by atoms with Crippen molar-refractivity contribution in [3.05, 3.63) is 24.3 Å². The van der Waals surface area contributed by atoms with Crippen molar-refractivity contribution < 1.29 is 9.94 Å². The minimum absolute atomic E-state index is 0.185. The molecule has 0 amide bonds. The lowest BCUT2D eigenvalue weighted by molar-refractivity contribution is 0.242. The number of ether oxygens (including phenoxy) is 1. The third-order valence-electron chi connectivity index (χ3n) is 3.33. The molecule has 21 heavy (non-hydrogen) atoms. The molecule has 0 saturated carbocycles. The molecule has 118 valence electrons. The summed E-state index contributed by atoms with van der Waals surface area (Å²) in [6.07, 6.45) is 1.97. The highest BCUT2D eigenvalue weighted by molar-refractivity contribution is 5.85. The molecule has 0 radical (unpaired) electrons. The lowest BCUT2D eigenvalue weighted by Crippen LogP contribution is -2.32. The number of nitrogens with zero attached hydrogens (tertiary/aromatic N) is 1. The number of hydrogen-bond acceptors (Lipinski definition) is 4. The van der Waals surface area contributed by atoms with E-state index in [2.05, 4.69) is 10.5 Å². The van der Waals surface area contributed by atoms with Crippen molar-refractivity contribution >= 4 is 11.5 Å². The summed E-state index contributed by atoms with van der Waals surface area (Å²) in [5.74, 6) is 1.15. The number of nitrogens with two attached hydrogens (primary N) is 1. The van der Waals surface area contributed by atoms with Crippen molar-refractivity contribution in [2.45, 2.75) is 46.6 Å². The number of oxime groups is 1. The first-order valence-corrected chi connectivity index (χ1v) is 7.34. The van der Waals surface area contributed by atoms with Crippen LogP contribution in [-0.2, 0) is 0 Å². The summed E-state index contributed by atoms with van der Waals surface area (Å²) in [5, 5.41) is 15.2. The van der Waals surface area contributed by atoms with Crippen LogP contribution in [0, 0.1) is 5.41 Å². The van der Waals surface area contributed by atoms with Crippen molar-refractivity contribution in [1.82, 2.24) is 0 Å². The monoisotopic (exact) mass is 293 g/mol. The van der Waals surface area contributed by atoms with E-state index in [9.17, 15) is 0 Å². The van der Waals surface area contributed by atoms with Crippen LogP contribution in [0.1, 0.15) is 40.5 Å². The molecule has 0 aliphatic heterocycles. The van der Waals surface area contributed by atoms with Crippen LogP contribution >= 0.6 is 0 Å². The maximum Gasteiger partial charge on any atom is 0.144 e. The smallest absolute Gasteiger partial charge is 0.144 e. The van der Waals surface area contributed by atoms with Crippen molar-refractivity contribution in [2.24, 2.45) is 16.3 Å². The molecular formula is C16H27N3O2. The number of rotatable bonds is 8. The van der Waals surface area contributed by atoms with Gasteiger partial charge in [-0.2, -0.15) is 0 Å². The standard InChI is InChI=1S/C16H27N3O2/c1-12(2)21-14-8-6-13(7-9-14)18-11-5-10-16(3,4)15(17)19-20/h6-9,12,18,20H,5,10-11H2,1-4H3,(H2,17,19). The first-order valence-electron chi connectivity index (χ1n) is 7.34. The van der Waals surface area contributed by atoms with Gasteiger partial charge in [-0.05, 0) is 51.0 Å². The van der Waals surface area contributed by atoms with Crippen LogP contribution in [0.3, 0.4) is 0 Å². The van der Waals surface area contributed by atoms with E-state index < -0.39 is 0 Å². The van der Waals surface area contributed by atoms with Gasteiger partial charge in [0.2, 0.25) is 0 Å². The molecule has 0 unspecified atom stereocenters. The molecule has 1 rings (SSSR count). The van der Waals surface area contributed by atoms with Gasteiger partial charge in [0.05, 0.1) is 6.10 Å². The SMILES string of the molecule is CC(C)Oc1ccc(NCCCC(C)(C)C(N)=NO)cc1. The van der Waals surface area contributed by atoms with Crippen molar-refractivity contribution in [3.8, 4) is 5.75 Å². The van der Waals surface area contributed by atoms with Crippen LogP contribution in [0.25, 0.3) is 0 Å². The largest absolute Gasteiger partial charge is 0.491 e. The fourth-order valence-corrected chi connectivity index (χ4v) is 1.95. The Morgan fingerprint density at radius 2 is 1.95 bits per heavy atom. The molecule has 0 fully saturated rings. The summed E-state index contributed by atoms with van der Waals surface area (Å²) in [6.45, 7) is 8.80. The molecule has 5 nitrogen and oxygen atoms in total. The number of anilines is 1. The normalized spacial score (nSPS) is 12.5. The van der Waals surface area contributed by atoms with Crippen LogP contribution < -0.4 is 15.8 Å². The molecule has 0 saturated heterocycles. The Hall–Kier alpha value is -1.91. The van der Waals surface area contributed by atoms with Gasteiger partial charge in [-0.15, -0.1) is 0 Å². The predicted molar refractivity (Wildman–Crippen MR) is 87.1 cm³/mol. The summed E-state index contributed by atoms with van der Waals surface area (Å²) in [4.78, 5) is 0. The Balaban J connectivity index is 2.36. The minimum Gasteiger partial charge on any atom is -0.491 e. The second kappa shape index (κ2) is 7.76. The van der Waals surface area contributed by atoms with Crippen LogP contribution in [-0.4, -0.2) is 23.7 Å². The molecule has 0 heterocycles. The van der Waals surface area contributed by atoms with Crippen molar-refractivity contribution in [3.63, 3.8) is 0 Å². The number of benzene rings is 1. The van der Waals surface area contributed by atoms with E-state index in [4.69, 9.17) is 15.7 Å². The fraction of sp³-hybridized carbons (Fsp3) is 0.562. The topological polar surface area (TPSA) is 79.9 Å². The third kappa shape index (κ3) is 5.94. The molecule has 0 spiro atoms. The van der Waals surface area contributed by atoms with Gasteiger partial charge in [-0.25, -0.2) is 0 Å². The molecule has 1 aromatic carbocycles. The van der Waals surface area contributed by atoms with Crippen molar-refractivity contribution in [1.29, 1.82) is 0 Å². The second-order valence-electron chi connectivity index (χ2n) is 6.09. The maximum atomic E-state index is 8.73. The molecule has 0 bridgehead atoms. The quantitative estimate of drug-likeness (QED) is 0.225. The Morgan fingerprint density at radius 1 is 1.33 bits per heavy atom. The van der Waals surface area contributed by atoms with E-state index in [0.717, 1.165) is 30.8 Å². The van der Waals surface area contributed by atoms with Crippen LogP contribution in [0.15, 0.2) is 29.4 Å². The summed E-state index contributed by atoms with van der Waals surface area (Å²) in [6, 6.07) is 7.93. The van der Waals surface area contributed by atoms with E-state index in [1.54, 1.807) is 0 Å². The number of hydrogen-bond donors (Lipinski definition) is 3. The van der Waals surface area contributed by atoms with Gasteiger partial charge in [0.15, 0.2) is 0 Å². The fourth-order valence-electron chi connectivity index (χ4n) is 1.95. The van der Waals surface area contributed by atoms with E-state index in [0.29, 0.717) is 0 Å². The summed E-state index contributed by atoms with van der Waals surface area (Å²) in [5.41, 5.74) is 6.44. The highest BCUT2D eigenvalue weighted by Gasteiger charge is 2.22. The first-order chi connectivity index (χ1) is 9.85. The third-order valence-corrected chi connectivity index (χ3v) is 3.33. The molecule has 0 aliphatic rings. The highest BCUT2D eigenvalue weighted by Crippen LogP contribution is 2.22. The zero-order chi connectivity index (χ0) is 15.9. The predicted octanol–water partition coefficient (Wildman–Crippen LogP) is 3.44. The maximum absolute atomic E-state index is 8.73. The molecule has 5 heteroatoms. The lowest BCUT2D eigenvalue weighted by Gasteiger charge is -2.22. The molecular weight excluding hydrogens is 266 g/mol. The Labute approximate surface area is 127 Å². The van der Waals surface area contributed by atoms with Gasteiger partial charge in [-0.3, -0.25) is 0 Å². The van der Waals surface area contributed by atoms with Crippen LogP contribution in [0.2, 0.25) is 0 Å². The van der Waals surface area contributed by atoms with Gasteiger partial charge in [0.1, 0.15) is 11.6 Å². The van der Waals surface area contributed by atoms with Crippen LogP contribution in [0.4, 0.5) is 5.69 Å². The average Bonchev–Trinajstić information content (AvgIpc) is 2.43. The zero-order valence-electron chi connectivity index (χ0n) is 13.4. The van der Waals surface area contributed by atoms with E-state index in [-0.39, 0.29) is 17.4 Å². The van der Waals surface area contributed by atoms with Crippen molar-refractivity contribution in [2.75, 3.05) is 11.9 Å². The summed E-state index contributed by atoms with van der Waals surface area (Å²) >= 11 is 0. The zero-order valence-corrected chi connectivity index (χ0v) is 13.4. The minimum atomic E-state index is -0.286.